The van der Waals surface area contributed by atoms with Gasteiger partial charge in [-0.1, -0.05) is 11.6 Å². The first-order valence-electron chi connectivity index (χ1n) is 7.91. The molecule has 1 aromatic carbocycles. The van der Waals surface area contributed by atoms with Crippen LogP contribution in [0, 0.1) is 6.92 Å². The van der Waals surface area contributed by atoms with E-state index in [1.165, 1.54) is 0 Å². The van der Waals surface area contributed by atoms with E-state index in [2.05, 4.69) is 42.1 Å². The Hall–Kier alpha value is -1.59. The molecule has 0 amide bonds. The lowest BCUT2D eigenvalue weighted by atomic mass is 10.1. The largest absolute Gasteiger partial charge is 0.369 e. The Morgan fingerprint density at radius 2 is 2.09 bits per heavy atom. The van der Waals surface area contributed by atoms with Crippen LogP contribution in [0.2, 0.25) is 0 Å². The van der Waals surface area contributed by atoms with Gasteiger partial charge in [-0.2, -0.15) is 0 Å². The highest BCUT2D eigenvalue weighted by Crippen LogP contribution is 2.34. The minimum Gasteiger partial charge on any atom is -0.369 e. The van der Waals surface area contributed by atoms with Crippen molar-refractivity contribution in [2.45, 2.75) is 25.8 Å². The van der Waals surface area contributed by atoms with Crippen molar-refractivity contribution in [3.63, 3.8) is 0 Å². The molecule has 122 valence electrons. The van der Waals surface area contributed by atoms with Gasteiger partial charge in [0.05, 0.1) is 11.3 Å². The van der Waals surface area contributed by atoms with Gasteiger partial charge in [0.1, 0.15) is 0 Å². The summed E-state index contributed by atoms with van der Waals surface area (Å²) in [5.74, 6) is -0.0555. The van der Waals surface area contributed by atoms with Crippen molar-refractivity contribution in [1.29, 1.82) is 0 Å². The fourth-order valence-corrected chi connectivity index (χ4v) is 3.97. The van der Waals surface area contributed by atoms with Crippen LogP contribution >= 0.6 is 11.8 Å². The van der Waals surface area contributed by atoms with E-state index in [-0.39, 0.29) is 17.3 Å². The molecule has 2 aliphatic heterocycles. The summed E-state index contributed by atoms with van der Waals surface area (Å²) in [7, 11) is 4.23. The van der Waals surface area contributed by atoms with E-state index in [0.717, 1.165) is 48.1 Å². The summed E-state index contributed by atoms with van der Waals surface area (Å²) in [4.78, 5) is 28.6. The van der Waals surface area contributed by atoms with Crippen LogP contribution in [0.3, 0.4) is 0 Å². The van der Waals surface area contributed by atoms with Gasteiger partial charge < -0.3 is 9.80 Å². The van der Waals surface area contributed by atoms with Crippen LogP contribution < -0.4 is 4.90 Å². The summed E-state index contributed by atoms with van der Waals surface area (Å²) in [6.07, 6.45) is 3.07. The molecule has 2 fully saturated rings. The zero-order valence-electron chi connectivity index (χ0n) is 13.8. The third-order valence-electron chi connectivity index (χ3n) is 4.51. The van der Waals surface area contributed by atoms with Gasteiger partial charge >= 0.3 is 0 Å². The molecule has 0 bridgehead atoms. The molecule has 2 heterocycles. The molecule has 0 aromatic heterocycles. The van der Waals surface area contributed by atoms with E-state index < -0.39 is 0 Å². The van der Waals surface area contributed by atoms with E-state index >= 15 is 0 Å². The van der Waals surface area contributed by atoms with Crippen LogP contribution in [-0.4, -0.2) is 49.0 Å². The zero-order valence-corrected chi connectivity index (χ0v) is 14.7. The molecule has 0 N–H and O–H groups in total. The Morgan fingerprint density at radius 3 is 2.70 bits per heavy atom. The van der Waals surface area contributed by atoms with Gasteiger partial charge in [-0.05, 0) is 63.0 Å². The van der Waals surface area contributed by atoms with Crippen molar-refractivity contribution in [1.82, 2.24) is 4.90 Å². The maximum atomic E-state index is 11.9. The molecule has 0 saturated carbocycles. The van der Waals surface area contributed by atoms with E-state index in [0.29, 0.717) is 10.9 Å². The van der Waals surface area contributed by atoms with Gasteiger partial charge in [-0.3, -0.25) is 9.59 Å². The molecule has 3 rings (SSSR count). The van der Waals surface area contributed by atoms with Crippen LogP contribution in [0.5, 0.6) is 0 Å². The number of carbonyl (C=O) groups excluding carboxylic acids is 2. The Morgan fingerprint density at radius 1 is 1.30 bits per heavy atom. The van der Waals surface area contributed by atoms with Crippen molar-refractivity contribution in [2.24, 2.45) is 0 Å². The van der Waals surface area contributed by atoms with Gasteiger partial charge in [0, 0.05) is 24.8 Å². The molecule has 1 atom stereocenters. The fraction of sp³-hybridized carbons (Fsp3) is 0.444. The van der Waals surface area contributed by atoms with Gasteiger partial charge in [-0.25, -0.2) is 0 Å². The lowest BCUT2D eigenvalue weighted by Crippen LogP contribution is -2.31. The minimum absolute atomic E-state index is 0.0318. The first kappa shape index (κ1) is 16.3. The molecule has 0 radical (unpaired) electrons. The van der Waals surface area contributed by atoms with Gasteiger partial charge in [-0.15, -0.1) is 0 Å². The molecule has 5 heteroatoms. The van der Waals surface area contributed by atoms with Crippen LogP contribution in [0.1, 0.15) is 24.0 Å². The monoisotopic (exact) mass is 330 g/mol. The Balaban J connectivity index is 1.92. The lowest BCUT2D eigenvalue weighted by Gasteiger charge is -2.23. The average molecular weight is 330 g/mol. The number of rotatable bonds is 3. The second-order valence-electron chi connectivity index (χ2n) is 6.50. The van der Waals surface area contributed by atoms with E-state index in [1.807, 2.05) is 13.0 Å². The van der Waals surface area contributed by atoms with Crippen LogP contribution in [0.4, 0.5) is 5.69 Å². The smallest absolute Gasteiger partial charge is 0.201 e. The number of hydrogen-bond donors (Lipinski definition) is 0. The number of anilines is 1. The standard InChI is InChI=1S/C18H22N2O2S/c1-12-4-5-15(20-7-6-14(11-20)19(2)3)13(8-12)9-17-16(21)10-18(22)23-17/h4-5,8-9,14H,6-7,10-11H2,1-3H3/t14-/m0/s1. The quantitative estimate of drug-likeness (QED) is 0.629. The molecule has 2 aliphatic rings. The molecule has 4 nitrogen and oxygen atoms in total. The number of carbonyl (C=O) groups is 2. The second-order valence-corrected chi connectivity index (χ2v) is 7.60. The second kappa shape index (κ2) is 6.49. The third kappa shape index (κ3) is 3.51. The van der Waals surface area contributed by atoms with Gasteiger partial charge in [0.15, 0.2) is 5.78 Å². The Labute approximate surface area is 141 Å². The molecule has 1 aromatic rings. The van der Waals surface area contributed by atoms with E-state index in [4.69, 9.17) is 0 Å². The number of ketones is 1. The van der Waals surface area contributed by atoms with Crippen molar-refractivity contribution < 1.29 is 9.59 Å². The van der Waals surface area contributed by atoms with Gasteiger partial charge in [0.25, 0.3) is 0 Å². The minimum atomic E-state index is -0.0555. The number of hydrogen-bond acceptors (Lipinski definition) is 5. The van der Waals surface area contributed by atoms with Crippen molar-refractivity contribution >= 4 is 34.4 Å². The van der Waals surface area contributed by atoms with Crippen LogP contribution in [0.15, 0.2) is 23.1 Å². The maximum absolute atomic E-state index is 11.9. The first-order valence-corrected chi connectivity index (χ1v) is 8.73. The molecular weight excluding hydrogens is 308 g/mol. The van der Waals surface area contributed by atoms with Crippen LogP contribution in [0.25, 0.3) is 6.08 Å². The lowest BCUT2D eigenvalue weighted by molar-refractivity contribution is -0.119. The topological polar surface area (TPSA) is 40.6 Å². The molecule has 0 spiro atoms. The van der Waals surface area contributed by atoms with Crippen molar-refractivity contribution in [3.05, 3.63) is 34.2 Å². The predicted octanol–water partition coefficient (Wildman–Crippen LogP) is 2.71. The van der Waals surface area contributed by atoms with E-state index in [9.17, 15) is 9.59 Å². The SMILES string of the molecule is Cc1ccc(N2CC[C@H](N(C)C)C2)c(C=C2SC(=O)CC2=O)c1. The zero-order chi connectivity index (χ0) is 16.6. The summed E-state index contributed by atoms with van der Waals surface area (Å²) in [6.45, 7) is 4.06. The summed E-state index contributed by atoms with van der Waals surface area (Å²) < 4.78 is 0. The highest BCUT2D eigenvalue weighted by atomic mass is 32.2. The highest BCUT2D eigenvalue weighted by Gasteiger charge is 2.28. The van der Waals surface area contributed by atoms with Gasteiger partial charge in [0.2, 0.25) is 5.12 Å². The Kier molecular flexibility index (Phi) is 4.60. The predicted molar refractivity (Wildman–Crippen MR) is 95.7 cm³/mol. The first-order chi connectivity index (χ1) is 10.9. The highest BCUT2D eigenvalue weighted by molar-refractivity contribution is 8.18. The van der Waals surface area contributed by atoms with Crippen LogP contribution in [-0.2, 0) is 9.59 Å². The summed E-state index contributed by atoms with van der Waals surface area (Å²) in [5.41, 5.74) is 3.35. The number of likely N-dealkylation sites (N-methyl/N-ethyl adjacent to an activating group) is 1. The number of benzene rings is 1. The number of allylic oxidation sites excluding steroid dienone is 1. The number of nitrogens with zero attached hydrogens (tertiary/aromatic N) is 2. The summed E-state index contributed by atoms with van der Waals surface area (Å²) in [6, 6.07) is 6.89. The number of aryl methyl sites for hydroxylation is 1. The van der Waals surface area contributed by atoms with Crippen molar-refractivity contribution in [3.8, 4) is 0 Å². The van der Waals surface area contributed by atoms with E-state index in [1.54, 1.807) is 0 Å². The summed E-state index contributed by atoms with van der Waals surface area (Å²) in [5, 5.41) is -0.0516. The molecule has 0 aliphatic carbocycles. The summed E-state index contributed by atoms with van der Waals surface area (Å²) >= 11 is 1.08. The number of thioether (sulfide) groups is 1. The fourth-order valence-electron chi connectivity index (χ4n) is 3.14. The molecule has 2 saturated heterocycles. The molecular formula is C18H22N2O2S. The molecule has 23 heavy (non-hydrogen) atoms. The average Bonchev–Trinajstić information content (AvgIpc) is 3.07. The maximum Gasteiger partial charge on any atom is 0.201 e. The molecule has 0 unspecified atom stereocenters. The Bertz CT molecular complexity index is 682. The third-order valence-corrected chi connectivity index (χ3v) is 5.44. The van der Waals surface area contributed by atoms with Crippen molar-refractivity contribution in [2.75, 3.05) is 32.1 Å². The normalized spacial score (nSPS) is 23.6. The number of Topliss-reactive ketones (excluding diaryl/α,β-unsaturated/α-hetero) is 1.